The van der Waals surface area contributed by atoms with Crippen LogP contribution < -0.4 is 0 Å². The zero-order valence-electron chi connectivity index (χ0n) is 68.0. The minimum Gasteiger partial charge on any atom is -0.462 e. The first kappa shape index (κ1) is 101. The van der Waals surface area contributed by atoms with E-state index in [2.05, 4.69) is 55.4 Å². The van der Waals surface area contributed by atoms with E-state index < -0.39 is 97.5 Å². The molecule has 7 atom stereocenters. The van der Waals surface area contributed by atoms with Crippen molar-refractivity contribution in [1.82, 2.24) is 0 Å². The number of unbranched alkanes of at least 4 members (excludes halogenated alkanes) is 45. The largest absolute Gasteiger partial charge is 0.472 e. The van der Waals surface area contributed by atoms with Gasteiger partial charge in [0.05, 0.1) is 26.4 Å². The number of hydrogen-bond acceptors (Lipinski definition) is 15. The van der Waals surface area contributed by atoms with Crippen molar-refractivity contribution in [2.24, 2.45) is 23.7 Å². The van der Waals surface area contributed by atoms with Gasteiger partial charge in [0.25, 0.3) is 0 Å². The average Bonchev–Trinajstić information content (AvgIpc) is 1.78. The summed E-state index contributed by atoms with van der Waals surface area (Å²) in [6.07, 6.45) is 61.5. The third-order valence-corrected chi connectivity index (χ3v) is 22.2. The molecule has 0 aromatic rings. The van der Waals surface area contributed by atoms with Crippen LogP contribution in [0.15, 0.2) is 0 Å². The highest BCUT2D eigenvalue weighted by Gasteiger charge is 2.30. The molecule has 0 saturated carbocycles. The van der Waals surface area contributed by atoms with E-state index in [0.717, 1.165) is 115 Å². The minimum absolute atomic E-state index is 0.107. The van der Waals surface area contributed by atoms with Gasteiger partial charge in [0.1, 0.15) is 19.3 Å². The predicted octanol–water partition coefficient (Wildman–Crippen LogP) is 25.2. The van der Waals surface area contributed by atoms with E-state index >= 15 is 0 Å². The van der Waals surface area contributed by atoms with Gasteiger partial charge >= 0.3 is 39.5 Å². The fourth-order valence-corrected chi connectivity index (χ4v) is 14.5. The van der Waals surface area contributed by atoms with E-state index in [0.29, 0.717) is 37.5 Å². The van der Waals surface area contributed by atoms with Crippen LogP contribution in [-0.4, -0.2) is 96.7 Å². The van der Waals surface area contributed by atoms with Crippen molar-refractivity contribution in [2.75, 3.05) is 39.6 Å². The van der Waals surface area contributed by atoms with Crippen molar-refractivity contribution in [3.05, 3.63) is 0 Å². The zero-order chi connectivity index (χ0) is 76.0. The monoisotopic (exact) mass is 1510 g/mol. The first-order valence-corrected chi connectivity index (χ1v) is 46.3. The number of aliphatic hydroxyl groups excluding tert-OH is 1. The molecule has 0 aliphatic heterocycles. The van der Waals surface area contributed by atoms with Crippen molar-refractivity contribution < 1.29 is 80.2 Å². The lowest BCUT2D eigenvalue weighted by atomic mass is 9.99. The molecule has 0 aliphatic rings. The maximum absolute atomic E-state index is 13.1. The Morgan fingerprint density at radius 1 is 0.272 bits per heavy atom. The molecule has 3 N–H and O–H groups in total. The molecule has 0 spiro atoms. The molecule has 103 heavy (non-hydrogen) atoms. The van der Waals surface area contributed by atoms with Gasteiger partial charge in [-0.05, 0) is 49.4 Å². The zero-order valence-corrected chi connectivity index (χ0v) is 69.7. The Hall–Kier alpha value is -1.94. The molecule has 4 unspecified atom stereocenters. The molecule has 0 aromatic heterocycles. The molecule has 17 nitrogen and oxygen atoms in total. The van der Waals surface area contributed by atoms with Gasteiger partial charge in [-0.2, -0.15) is 0 Å². The molecular formula is C84H164O17P2. The van der Waals surface area contributed by atoms with Crippen LogP contribution in [0.5, 0.6) is 0 Å². The summed E-state index contributed by atoms with van der Waals surface area (Å²) in [5.74, 6) is 1.01. The number of carbonyl (C=O) groups is 4. The highest BCUT2D eigenvalue weighted by molar-refractivity contribution is 7.47. The van der Waals surface area contributed by atoms with Gasteiger partial charge in [-0.25, -0.2) is 9.13 Å². The Labute approximate surface area is 632 Å². The summed E-state index contributed by atoms with van der Waals surface area (Å²) in [5, 5.41) is 10.6. The van der Waals surface area contributed by atoms with Crippen LogP contribution in [0.1, 0.15) is 434 Å². The van der Waals surface area contributed by atoms with Crippen molar-refractivity contribution in [3.8, 4) is 0 Å². The van der Waals surface area contributed by atoms with Gasteiger partial charge in [0.2, 0.25) is 0 Å². The molecule has 0 rings (SSSR count). The second-order valence-corrected chi connectivity index (χ2v) is 34.6. The fraction of sp³-hybridized carbons (Fsp3) is 0.952. The van der Waals surface area contributed by atoms with Crippen LogP contribution in [0.3, 0.4) is 0 Å². The quantitative estimate of drug-likeness (QED) is 0.0222. The number of ether oxygens (including phenoxy) is 4. The summed E-state index contributed by atoms with van der Waals surface area (Å²) in [4.78, 5) is 73.0. The van der Waals surface area contributed by atoms with E-state index in [9.17, 15) is 43.2 Å². The van der Waals surface area contributed by atoms with Gasteiger partial charge in [-0.3, -0.25) is 37.3 Å². The first-order chi connectivity index (χ1) is 49.7. The number of carbonyl (C=O) groups excluding carboxylic acids is 4. The average molecular weight is 1510 g/mol. The molecule has 0 saturated heterocycles. The van der Waals surface area contributed by atoms with Gasteiger partial charge in [0, 0.05) is 25.7 Å². The molecule has 0 bridgehead atoms. The van der Waals surface area contributed by atoms with Crippen LogP contribution >= 0.6 is 15.6 Å². The van der Waals surface area contributed by atoms with Crippen LogP contribution in [0.25, 0.3) is 0 Å². The van der Waals surface area contributed by atoms with Gasteiger partial charge in [-0.15, -0.1) is 0 Å². The first-order valence-electron chi connectivity index (χ1n) is 43.3. The van der Waals surface area contributed by atoms with Crippen LogP contribution in [0, 0.1) is 23.7 Å². The smallest absolute Gasteiger partial charge is 0.462 e. The summed E-state index contributed by atoms with van der Waals surface area (Å²) < 4.78 is 68.7. The third kappa shape index (κ3) is 75.3. The lowest BCUT2D eigenvalue weighted by molar-refractivity contribution is -0.161. The van der Waals surface area contributed by atoms with E-state index in [4.69, 9.17) is 37.0 Å². The highest BCUT2D eigenvalue weighted by Crippen LogP contribution is 2.45. The SMILES string of the molecule is CCC(C)CCCCCCCCCCCCCCCCCCCCC(=O)O[C@H](COC(=O)CCCCCCCCCC(C)C)COP(=O)(O)OC[C@@H](O)COP(=O)(O)OC[C@@H](COC(=O)CCCCCCCCC(C)C)OC(=O)CCCCCCCCCCCCCCCCCCCCC(C)CC. The molecule has 0 aliphatic carbocycles. The molecule has 0 amide bonds. The number of hydrogen-bond donors (Lipinski definition) is 3. The van der Waals surface area contributed by atoms with Crippen LogP contribution in [0.2, 0.25) is 0 Å². The maximum atomic E-state index is 13.1. The van der Waals surface area contributed by atoms with E-state index in [1.807, 2.05) is 0 Å². The maximum Gasteiger partial charge on any atom is 0.472 e. The van der Waals surface area contributed by atoms with Crippen molar-refractivity contribution in [1.29, 1.82) is 0 Å². The number of phosphoric acid groups is 2. The molecule has 0 heterocycles. The van der Waals surface area contributed by atoms with E-state index in [-0.39, 0.29) is 25.7 Å². The van der Waals surface area contributed by atoms with Crippen molar-refractivity contribution >= 4 is 39.5 Å². The number of rotatable bonds is 81. The summed E-state index contributed by atoms with van der Waals surface area (Å²) in [7, 11) is -9.92. The summed E-state index contributed by atoms with van der Waals surface area (Å²) in [5.41, 5.74) is 0. The van der Waals surface area contributed by atoms with Crippen molar-refractivity contribution in [3.63, 3.8) is 0 Å². The van der Waals surface area contributed by atoms with Gasteiger partial charge in [0.15, 0.2) is 12.2 Å². The second kappa shape index (κ2) is 72.9. The molecule has 612 valence electrons. The number of esters is 4. The lowest BCUT2D eigenvalue weighted by Crippen LogP contribution is -2.30. The van der Waals surface area contributed by atoms with Crippen LogP contribution in [0.4, 0.5) is 0 Å². The predicted molar refractivity (Wildman–Crippen MR) is 423 cm³/mol. The fourth-order valence-electron chi connectivity index (χ4n) is 12.9. The van der Waals surface area contributed by atoms with Gasteiger partial charge in [-0.1, -0.05) is 383 Å². The van der Waals surface area contributed by atoms with Gasteiger partial charge < -0.3 is 33.8 Å². The molecule has 19 heteroatoms. The Balaban J connectivity index is 5.11. The molecule has 0 radical (unpaired) electrons. The Bertz CT molecular complexity index is 2010. The highest BCUT2D eigenvalue weighted by atomic mass is 31.2. The number of phosphoric ester groups is 2. The number of aliphatic hydroxyl groups is 1. The molecule has 0 aromatic carbocycles. The van der Waals surface area contributed by atoms with Crippen LogP contribution in [-0.2, 0) is 65.4 Å². The minimum atomic E-state index is -4.96. The summed E-state index contributed by atoms with van der Waals surface area (Å²) in [6.45, 7) is 14.3. The molecule has 0 fully saturated rings. The Kier molecular flexibility index (Phi) is 71.5. The molecular weight excluding hydrogens is 1340 g/mol. The third-order valence-electron chi connectivity index (χ3n) is 20.3. The normalized spacial score (nSPS) is 14.5. The standard InChI is InChI=1S/C84H164O17P2/c1-9-76(7)62-54-46-37-31-27-23-19-15-11-13-17-21-25-29-33-39-50-58-66-83(88)100-79(70-94-81(86)64-56-48-41-35-36-44-52-60-74(3)4)72-98-102(90,91)96-68-78(85)69-97-103(92,93)99-73-80(71-95-82(87)65-57-49-43-42-45-53-61-75(5)6)101-84(89)67-59-51-40-34-30-26-22-18-14-12-16-20-24-28-32-38-47-55-63-77(8)10-2/h74-80,85H,9-73H2,1-8H3,(H,90,91)(H,92,93)/t76?,77?,78-,79-,80-/m1/s1. The Morgan fingerprint density at radius 3 is 0.689 bits per heavy atom. The summed E-state index contributed by atoms with van der Waals surface area (Å²) in [6, 6.07) is 0. The van der Waals surface area contributed by atoms with Crippen molar-refractivity contribution in [2.45, 2.75) is 453 Å². The second-order valence-electron chi connectivity index (χ2n) is 31.7. The topological polar surface area (TPSA) is 237 Å². The lowest BCUT2D eigenvalue weighted by Gasteiger charge is -2.21. The summed E-state index contributed by atoms with van der Waals surface area (Å²) >= 11 is 0. The Morgan fingerprint density at radius 2 is 0.466 bits per heavy atom. The van der Waals surface area contributed by atoms with E-state index in [1.165, 1.54) is 225 Å². The van der Waals surface area contributed by atoms with E-state index in [1.54, 1.807) is 0 Å².